The molecule has 0 bridgehead atoms. The number of hydrogen-bond donors (Lipinski definition) is 3. The first-order valence-electron chi connectivity index (χ1n) is 16.5. The number of benzene rings is 1. The van der Waals surface area contributed by atoms with Crippen LogP contribution in [0.3, 0.4) is 0 Å². The lowest BCUT2D eigenvalue weighted by Gasteiger charge is -2.31. The highest BCUT2D eigenvalue weighted by Crippen LogP contribution is 2.42. The van der Waals surface area contributed by atoms with E-state index in [1.54, 1.807) is 45.0 Å². The number of nitrogens with one attached hydrogen (secondary N) is 2. The average Bonchev–Trinajstić information content (AvgIpc) is 3.53. The quantitative estimate of drug-likeness (QED) is 0.153. The fourth-order valence-electron chi connectivity index (χ4n) is 6.12. The van der Waals surface area contributed by atoms with E-state index >= 15 is 0 Å². The third-order valence-electron chi connectivity index (χ3n) is 8.77. The second kappa shape index (κ2) is 15.7. The van der Waals surface area contributed by atoms with Crippen LogP contribution in [0, 0.1) is 0 Å². The Balaban J connectivity index is 1.26. The molecule has 50 heavy (non-hydrogen) atoms. The predicted molar refractivity (Wildman–Crippen MR) is 194 cm³/mol. The van der Waals surface area contributed by atoms with Gasteiger partial charge in [0.1, 0.15) is 0 Å². The lowest BCUT2D eigenvalue weighted by atomic mass is 9.99. The van der Waals surface area contributed by atoms with E-state index in [9.17, 15) is 9.90 Å². The number of carbonyl (C=O) groups is 1. The second-order valence-electron chi connectivity index (χ2n) is 12.3. The Bertz CT molecular complexity index is 2000. The van der Waals surface area contributed by atoms with Gasteiger partial charge >= 0.3 is 0 Å². The average molecular weight is 720 g/mol. The van der Waals surface area contributed by atoms with Gasteiger partial charge in [0.05, 0.1) is 48.3 Å². The lowest BCUT2D eigenvalue weighted by molar-refractivity contribution is -0.129. The van der Waals surface area contributed by atoms with Crippen LogP contribution in [0.4, 0.5) is 0 Å². The highest BCUT2D eigenvalue weighted by atomic mass is 35.5. The molecule has 1 amide bonds. The molecule has 262 valence electrons. The molecule has 6 rings (SSSR count). The minimum Gasteiger partial charge on any atom is -0.493 e. The zero-order valence-electron chi connectivity index (χ0n) is 28.4. The Morgan fingerprint density at radius 1 is 1.02 bits per heavy atom. The van der Waals surface area contributed by atoms with Gasteiger partial charge in [0.15, 0.2) is 17.2 Å². The normalized spacial score (nSPS) is 14.3. The maximum absolute atomic E-state index is 11.7. The number of amides is 1. The zero-order chi connectivity index (χ0) is 35.4. The number of ether oxygens (including phenoxy) is 2. The largest absolute Gasteiger partial charge is 0.493 e. The number of halogens is 2. The number of methoxy groups -OCH3 is 2. The van der Waals surface area contributed by atoms with Crippen molar-refractivity contribution in [2.45, 2.75) is 51.9 Å². The fourth-order valence-corrected chi connectivity index (χ4v) is 6.77. The Labute approximate surface area is 300 Å². The van der Waals surface area contributed by atoms with Gasteiger partial charge in [-0.2, -0.15) is 0 Å². The van der Waals surface area contributed by atoms with Gasteiger partial charge in [-0.1, -0.05) is 47.5 Å². The van der Waals surface area contributed by atoms with Crippen molar-refractivity contribution in [2.75, 3.05) is 33.9 Å². The maximum Gasteiger partial charge on any atom is 0.219 e. The molecule has 1 unspecified atom stereocenters. The standard InChI is InChI=1S/C36H40Cl2N8O4/c1-21(47)17-39-19-31-43-35-30(49-3)16-24(20-46(35)44-31)34-33(38)27(10-13-40-34)26-6-5-7-28(32(26)37)29-9-8-23(36(42-29)50-4)18-41-25-11-14-45(15-12-25)22(2)48/h5-10,13,16,20-21,25,39,41,47H,11-12,14-15,17-19H2,1-4H3. The van der Waals surface area contributed by atoms with Crippen LogP contribution in [-0.2, 0) is 17.9 Å². The van der Waals surface area contributed by atoms with E-state index in [1.165, 1.54) is 0 Å². The maximum atomic E-state index is 11.7. The first-order valence-corrected chi connectivity index (χ1v) is 17.2. The van der Waals surface area contributed by atoms with E-state index in [2.05, 4.69) is 25.7 Å². The van der Waals surface area contributed by atoms with E-state index in [0.29, 0.717) is 81.3 Å². The van der Waals surface area contributed by atoms with Crippen molar-refractivity contribution in [1.29, 1.82) is 0 Å². The summed E-state index contributed by atoms with van der Waals surface area (Å²) in [6.07, 6.45) is 4.82. The molecule has 1 aromatic carbocycles. The Morgan fingerprint density at radius 3 is 2.50 bits per heavy atom. The highest BCUT2D eigenvalue weighted by Gasteiger charge is 2.22. The Morgan fingerprint density at radius 2 is 1.78 bits per heavy atom. The summed E-state index contributed by atoms with van der Waals surface area (Å²) in [7, 11) is 3.18. The molecule has 5 heterocycles. The van der Waals surface area contributed by atoms with Gasteiger partial charge in [0, 0.05) is 79.4 Å². The summed E-state index contributed by atoms with van der Waals surface area (Å²) in [6, 6.07) is 13.7. The van der Waals surface area contributed by atoms with Gasteiger partial charge in [-0.25, -0.2) is 14.5 Å². The third kappa shape index (κ3) is 7.69. The second-order valence-corrected chi connectivity index (χ2v) is 13.0. The molecule has 1 fully saturated rings. The van der Waals surface area contributed by atoms with Crippen LogP contribution in [0.2, 0.25) is 10.0 Å². The summed E-state index contributed by atoms with van der Waals surface area (Å²) in [5.74, 6) is 1.70. The molecular formula is C36H40Cl2N8O4. The molecule has 0 spiro atoms. The van der Waals surface area contributed by atoms with Crippen molar-refractivity contribution < 1.29 is 19.4 Å². The van der Waals surface area contributed by atoms with Crippen LogP contribution in [0.15, 0.2) is 54.9 Å². The number of hydrogen-bond acceptors (Lipinski definition) is 10. The number of nitrogens with zero attached hydrogens (tertiary/aromatic N) is 6. The highest BCUT2D eigenvalue weighted by molar-refractivity contribution is 6.39. The van der Waals surface area contributed by atoms with Crippen LogP contribution in [0.1, 0.15) is 38.1 Å². The van der Waals surface area contributed by atoms with Gasteiger partial charge in [0.2, 0.25) is 11.8 Å². The van der Waals surface area contributed by atoms with Crippen molar-refractivity contribution in [3.05, 3.63) is 76.3 Å². The van der Waals surface area contributed by atoms with Crippen molar-refractivity contribution in [1.82, 2.24) is 40.1 Å². The number of aromatic nitrogens is 5. The Kier molecular flexibility index (Phi) is 11.1. The predicted octanol–water partition coefficient (Wildman–Crippen LogP) is 5.42. The first kappa shape index (κ1) is 35.5. The summed E-state index contributed by atoms with van der Waals surface area (Å²) >= 11 is 14.2. The van der Waals surface area contributed by atoms with Gasteiger partial charge in [0.25, 0.3) is 0 Å². The molecule has 5 aromatic rings. The SMILES string of the molecule is COc1nc(-c2cccc(-c3ccnc(-c4cc(OC)c5nc(CNCC(C)O)nn5c4)c3Cl)c2Cl)ccc1CNC1CCN(C(C)=O)CC1. The smallest absolute Gasteiger partial charge is 0.219 e. The number of rotatable bonds is 12. The summed E-state index contributed by atoms with van der Waals surface area (Å²) in [4.78, 5) is 27.6. The van der Waals surface area contributed by atoms with Gasteiger partial charge in [-0.3, -0.25) is 9.78 Å². The van der Waals surface area contributed by atoms with Crippen LogP contribution in [-0.4, -0.2) is 86.5 Å². The minimum absolute atomic E-state index is 0.124. The van der Waals surface area contributed by atoms with Crippen LogP contribution in [0.25, 0.3) is 39.3 Å². The van der Waals surface area contributed by atoms with Gasteiger partial charge in [-0.05, 0) is 38.0 Å². The molecule has 1 aliphatic rings. The number of aliphatic hydroxyl groups excluding tert-OH is 1. The number of aliphatic hydroxyl groups is 1. The molecule has 1 saturated heterocycles. The molecule has 3 N–H and O–H groups in total. The molecule has 1 aliphatic heterocycles. The van der Waals surface area contributed by atoms with Gasteiger partial charge in [-0.15, -0.1) is 5.10 Å². The van der Waals surface area contributed by atoms with E-state index in [-0.39, 0.29) is 5.91 Å². The number of pyridine rings is 3. The summed E-state index contributed by atoms with van der Waals surface area (Å²) in [5.41, 5.74) is 5.51. The van der Waals surface area contributed by atoms with E-state index in [1.807, 2.05) is 47.4 Å². The third-order valence-corrected chi connectivity index (χ3v) is 9.56. The minimum atomic E-state index is -0.482. The molecule has 12 nitrogen and oxygen atoms in total. The molecular weight excluding hydrogens is 679 g/mol. The topological polar surface area (TPSA) is 139 Å². The van der Waals surface area contributed by atoms with Crippen molar-refractivity contribution in [3.8, 4) is 45.3 Å². The van der Waals surface area contributed by atoms with Crippen molar-refractivity contribution in [2.24, 2.45) is 0 Å². The summed E-state index contributed by atoms with van der Waals surface area (Å²) in [6.45, 7) is 6.25. The zero-order valence-corrected chi connectivity index (χ0v) is 29.9. The van der Waals surface area contributed by atoms with Crippen molar-refractivity contribution in [3.63, 3.8) is 0 Å². The van der Waals surface area contributed by atoms with Crippen LogP contribution >= 0.6 is 23.2 Å². The molecule has 0 radical (unpaired) electrons. The molecule has 0 saturated carbocycles. The van der Waals surface area contributed by atoms with E-state index in [0.717, 1.165) is 42.6 Å². The van der Waals surface area contributed by atoms with E-state index in [4.69, 9.17) is 37.7 Å². The molecule has 0 aliphatic carbocycles. The Hall–Kier alpha value is -4.33. The summed E-state index contributed by atoms with van der Waals surface area (Å²) in [5, 5.41) is 21.8. The molecule has 14 heteroatoms. The summed E-state index contributed by atoms with van der Waals surface area (Å²) < 4.78 is 13.0. The van der Waals surface area contributed by atoms with Gasteiger partial charge < -0.3 is 30.1 Å². The monoisotopic (exact) mass is 718 g/mol. The molecule has 4 aromatic heterocycles. The number of fused-ring (bicyclic) bond motifs is 1. The molecule has 1 atom stereocenters. The number of carbonyl (C=O) groups excluding carboxylic acids is 1. The number of likely N-dealkylation sites (tertiary alicyclic amines) is 1. The first-order chi connectivity index (χ1) is 24.2. The van der Waals surface area contributed by atoms with E-state index < -0.39 is 6.10 Å². The number of piperidine rings is 1. The lowest BCUT2D eigenvalue weighted by Crippen LogP contribution is -2.44. The van der Waals surface area contributed by atoms with Crippen molar-refractivity contribution >= 4 is 34.8 Å². The van der Waals surface area contributed by atoms with Crippen LogP contribution in [0.5, 0.6) is 11.6 Å². The van der Waals surface area contributed by atoms with Crippen LogP contribution < -0.4 is 20.1 Å². The fraction of sp³-hybridized carbons (Fsp3) is 0.361.